The third-order valence-electron chi connectivity index (χ3n) is 2.12. The Morgan fingerprint density at radius 1 is 1.42 bits per heavy atom. The maximum absolute atomic E-state index is 12.1. The molecule has 19 heavy (non-hydrogen) atoms. The second-order valence-electron chi connectivity index (χ2n) is 4.62. The minimum Gasteiger partial charge on any atom is -0.389 e. The molecule has 0 spiro atoms. The largest absolute Gasteiger partial charge is 0.389 e. The number of nitrogens with two attached hydrogens (primary N) is 2. The van der Waals surface area contributed by atoms with Crippen molar-refractivity contribution in [3.63, 3.8) is 0 Å². The van der Waals surface area contributed by atoms with E-state index >= 15 is 0 Å². The highest BCUT2D eigenvalue weighted by Gasteiger charge is 2.29. The second kappa shape index (κ2) is 5.53. The summed E-state index contributed by atoms with van der Waals surface area (Å²) in [6, 6.07) is 2.96. The number of carbonyl (C=O) groups excluding carboxylic acids is 1. The molecule has 0 radical (unpaired) electrons. The zero-order valence-electron chi connectivity index (χ0n) is 10.5. The number of carbonyl (C=O) groups is 1. The molecule has 0 aliphatic rings. The molecular formula is C10H15N3O3S3. The second-order valence-corrected chi connectivity index (χ2v) is 8.05. The summed E-state index contributed by atoms with van der Waals surface area (Å²) in [5.74, 6) is -0.581. The monoisotopic (exact) mass is 321 g/mol. The third kappa shape index (κ3) is 4.53. The van der Waals surface area contributed by atoms with Crippen molar-refractivity contribution in [2.45, 2.75) is 30.0 Å². The first-order valence-electron chi connectivity index (χ1n) is 5.25. The van der Waals surface area contributed by atoms with Gasteiger partial charge in [-0.15, -0.1) is 11.3 Å². The number of hydrogen-bond acceptors (Lipinski definition) is 5. The van der Waals surface area contributed by atoms with Crippen molar-refractivity contribution in [3.05, 3.63) is 17.0 Å². The number of amides is 1. The van der Waals surface area contributed by atoms with Crippen LogP contribution in [-0.4, -0.2) is 24.9 Å². The van der Waals surface area contributed by atoms with Crippen molar-refractivity contribution in [1.82, 2.24) is 4.72 Å². The maximum atomic E-state index is 12.1. The van der Waals surface area contributed by atoms with Gasteiger partial charge in [-0.3, -0.25) is 4.79 Å². The lowest BCUT2D eigenvalue weighted by molar-refractivity contribution is -0.119. The van der Waals surface area contributed by atoms with Gasteiger partial charge < -0.3 is 11.5 Å². The normalized spacial score (nSPS) is 12.3. The molecule has 0 fully saturated rings. The molecule has 0 saturated carbocycles. The molecule has 9 heteroatoms. The van der Waals surface area contributed by atoms with E-state index in [1.807, 2.05) is 0 Å². The van der Waals surface area contributed by atoms with Gasteiger partial charge in [-0.2, -0.15) is 0 Å². The predicted molar refractivity (Wildman–Crippen MR) is 78.4 cm³/mol. The van der Waals surface area contributed by atoms with E-state index in [9.17, 15) is 13.2 Å². The van der Waals surface area contributed by atoms with E-state index < -0.39 is 21.5 Å². The average molecular weight is 321 g/mol. The van der Waals surface area contributed by atoms with Crippen LogP contribution in [0.3, 0.4) is 0 Å². The van der Waals surface area contributed by atoms with Crippen LogP contribution in [0.15, 0.2) is 16.3 Å². The first kappa shape index (κ1) is 16.0. The van der Waals surface area contributed by atoms with Crippen LogP contribution in [0.1, 0.15) is 25.1 Å². The minimum atomic E-state index is -3.73. The molecule has 1 aromatic heterocycles. The van der Waals surface area contributed by atoms with Gasteiger partial charge in [0.25, 0.3) is 10.0 Å². The Morgan fingerprint density at radius 3 is 2.42 bits per heavy atom. The Kier molecular flexibility index (Phi) is 4.67. The van der Waals surface area contributed by atoms with E-state index in [0.717, 1.165) is 11.3 Å². The smallest absolute Gasteiger partial charge is 0.250 e. The summed E-state index contributed by atoms with van der Waals surface area (Å²) >= 11 is 5.75. The van der Waals surface area contributed by atoms with Crippen LogP contribution in [0.4, 0.5) is 0 Å². The fourth-order valence-electron chi connectivity index (χ4n) is 1.48. The fraction of sp³-hybridized carbons (Fsp3) is 0.400. The van der Waals surface area contributed by atoms with E-state index in [1.165, 1.54) is 6.07 Å². The highest BCUT2D eigenvalue weighted by atomic mass is 32.2. The molecule has 1 rings (SSSR count). The van der Waals surface area contributed by atoms with E-state index in [0.29, 0.717) is 4.88 Å². The number of thiocarbonyl (C=S) groups is 1. The van der Waals surface area contributed by atoms with E-state index in [-0.39, 0.29) is 15.6 Å². The summed E-state index contributed by atoms with van der Waals surface area (Å²) < 4.78 is 26.8. The molecule has 0 unspecified atom stereocenters. The number of sulfonamides is 1. The molecule has 106 valence electrons. The van der Waals surface area contributed by atoms with Crippen molar-refractivity contribution in [3.8, 4) is 0 Å². The molecule has 0 bridgehead atoms. The van der Waals surface area contributed by atoms with Crippen LogP contribution in [0.5, 0.6) is 0 Å². The molecule has 0 aromatic carbocycles. The highest BCUT2D eigenvalue weighted by molar-refractivity contribution is 7.91. The van der Waals surface area contributed by atoms with Gasteiger partial charge in [-0.1, -0.05) is 12.2 Å². The van der Waals surface area contributed by atoms with E-state index in [4.69, 9.17) is 23.7 Å². The molecule has 0 aliphatic carbocycles. The van der Waals surface area contributed by atoms with Gasteiger partial charge in [-0.25, -0.2) is 13.1 Å². The lowest BCUT2D eigenvalue weighted by atomic mass is 10.0. The molecule has 1 aromatic rings. The van der Waals surface area contributed by atoms with Gasteiger partial charge in [-0.05, 0) is 26.0 Å². The van der Waals surface area contributed by atoms with E-state index in [1.54, 1.807) is 19.9 Å². The van der Waals surface area contributed by atoms with Crippen molar-refractivity contribution < 1.29 is 13.2 Å². The summed E-state index contributed by atoms with van der Waals surface area (Å²) in [6.45, 7) is 3.16. The van der Waals surface area contributed by atoms with Crippen molar-refractivity contribution in [1.29, 1.82) is 0 Å². The first-order valence-corrected chi connectivity index (χ1v) is 7.96. The first-order chi connectivity index (χ1) is 8.53. The Bertz CT molecular complexity index is 605. The zero-order valence-corrected chi connectivity index (χ0v) is 12.9. The Morgan fingerprint density at radius 2 is 2.00 bits per heavy atom. The number of thiophene rings is 1. The summed E-state index contributed by atoms with van der Waals surface area (Å²) in [5.41, 5.74) is 9.54. The molecule has 0 atom stereocenters. The number of hydrogen-bond donors (Lipinski definition) is 3. The lowest BCUT2D eigenvalue weighted by Crippen LogP contribution is -2.45. The third-order valence-corrected chi connectivity index (χ3v) is 5.77. The molecule has 5 N–H and O–H groups in total. The predicted octanol–water partition coefficient (Wildman–Crippen LogP) is 0.315. The van der Waals surface area contributed by atoms with Crippen LogP contribution in [0, 0.1) is 0 Å². The van der Waals surface area contributed by atoms with E-state index in [2.05, 4.69) is 4.72 Å². The summed E-state index contributed by atoms with van der Waals surface area (Å²) in [5, 5.41) is 0. The number of nitrogens with one attached hydrogen (secondary N) is 1. The van der Waals surface area contributed by atoms with Crippen molar-refractivity contribution in [2.24, 2.45) is 11.5 Å². The van der Waals surface area contributed by atoms with Crippen LogP contribution < -0.4 is 16.2 Å². The van der Waals surface area contributed by atoms with Gasteiger partial charge in [0.2, 0.25) is 5.91 Å². The topological polar surface area (TPSA) is 115 Å². The van der Waals surface area contributed by atoms with Crippen molar-refractivity contribution in [2.75, 3.05) is 0 Å². The van der Waals surface area contributed by atoms with Crippen molar-refractivity contribution >= 4 is 44.5 Å². The van der Waals surface area contributed by atoms with Gasteiger partial charge in [0, 0.05) is 12.0 Å². The molecule has 0 aliphatic heterocycles. The lowest BCUT2D eigenvalue weighted by Gasteiger charge is -2.23. The Balaban J connectivity index is 2.97. The minimum absolute atomic E-state index is 0.0906. The summed E-state index contributed by atoms with van der Waals surface area (Å²) in [7, 11) is -3.73. The Labute approximate surface area is 121 Å². The maximum Gasteiger partial charge on any atom is 0.250 e. The molecule has 0 saturated heterocycles. The quantitative estimate of drug-likeness (QED) is 0.652. The van der Waals surface area contributed by atoms with Crippen LogP contribution in [-0.2, 0) is 14.8 Å². The summed E-state index contributed by atoms with van der Waals surface area (Å²) in [6.07, 6.45) is -0.0975. The average Bonchev–Trinajstić information content (AvgIpc) is 2.61. The van der Waals surface area contributed by atoms with Gasteiger partial charge in [0.15, 0.2) is 0 Å². The van der Waals surface area contributed by atoms with Gasteiger partial charge in [0.1, 0.15) is 9.20 Å². The SMILES string of the molecule is CC(C)(CC(N)=O)NS(=O)(=O)c1ccc(C(N)=S)s1. The molecular weight excluding hydrogens is 306 g/mol. The van der Waals surface area contributed by atoms with Gasteiger partial charge >= 0.3 is 0 Å². The number of primary amides is 1. The number of rotatable bonds is 6. The molecule has 1 amide bonds. The Hall–Kier alpha value is -1.03. The highest BCUT2D eigenvalue weighted by Crippen LogP contribution is 2.23. The van der Waals surface area contributed by atoms with Crippen LogP contribution in [0.25, 0.3) is 0 Å². The van der Waals surface area contributed by atoms with Crippen LogP contribution in [0.2, 0.25) is 0 Å². The van der Waals surface area contributed by atoms with Gasteiger partial charge in [0.05, 0.1) is 4.88 Å². The molecule has 1 heterocycles. The standard InChI is InChI=1S/C10H15N3O3S3/c1-10(2,5-7(11)14)13-19(15,16)8-4-3-6(18-8)9(12)17/h3-4,13H,5H2,1-2H3,(H2,11,14)(H2,12,17). The van der Waals surface area contributed by atoms with Crippen LogP contribution >= 0.6 is 23.6 Å². The molecule has 6 nitrogen and oxygen atoms in total. The zero-order chi connectivity index (χ0) is 14.8. The summed E-state index contributed by atoms with van der Waals surface area (Å²) in [4.78, 5) is 11.5. The fourth-order valence-corrected chi connectivity index (χ4v) is 4.25.